The zero-order valence-electron chi connectivity index (χ0n) is 16.0. The van der Waals surface area contributed by atoms with Crippen molar-refractivity contribution < 1.29 is 17.9 Å². The Balaban J connectivity index is 1.75. The molecule has 152 valence electrons. The Morgan fingerprint density at radius 3 is 2.48 bits per heavy atom. The predicted molar refractivity (Wildman–Crippen MR) is 107 cm³/mol. The average Bonchev–Trinajstić information content (AvgIpc) is 2.63. The third-order valence-electron chi connectivity index (χ3n) is 4.55. The fourth-order valence-corrected chi connectivity index (χ4v) is 4.72. The number of hydrogen-bond acceptors (Lipinski definition) is 4. The Morgan fingerprint density at radius 2 is 1.89 bits per heavy atom. The van der Waals surface area contributed by atoms with Crippen LogP contribution in [-0.2, 0) is 25.3 Å². The summed E-state index contributed by atoms with van der Waals surface area (Å²) in [6.07, 6.45) is 2.07. The van der Waals surface area contributed by atoms with Gasteiger partial charge < -0.3 is 10.1 Å². The molecule has 1 aromatic rings. The summed E-state index contributed by atoms with van der Waals surface area (Å²) >= 11 is 5.84. The predicted octanol–water partition coefficient (Wildman–Crippen LogP) is 2.81. The van der Waals surface area contributed by atoms with Gasteiger partial charge in [-0.2, -0.15) is 0 Å². The number of sulfonamides is 1. The highest BCUT2D eigenvalue weighted by Crippen LogP contribution is 2.22. The van der Waals surface area contributed by atoms with Crippen molar-refractivity contribution >= 4 is 27.5 Å². The van der Waals surface area contributed by atoms with Gasteiger partial charge in [0.15, 0.2) is 0 Å². The van der Waals surface area contributed by atoms with E-state index in [4.69, 9.17) is 16.3 Å². The molecule has 27 heavy (non-hydrogen) atoms. The monoisotopic (exact) mass is 416 g/mol. The Morgan fingerprint density at radius 1 is 1.26 bits per heavy atom. The summed E-state index contributed by atoms with van der Waals surface area (Å²) < 4.78 is 32.1. The van der Waals surface area contributed by atoms with E-state index < -0.39 is 10.0 Å². The number of carbonyl (C=O) groups is 1. The lowest BCUT2D eigenvalue weighted by atomic mass is 9.97. The van der Waals surface area contributed by atoms with Gasteiger partial charge in [-0.3, -0.25) is 4.79 Å². The van der Waals surface area contributed by atoms with E-state index in [1.807, 2.05) is 13.8 Å². The van der Waals surface area contributed by atoms with Gasteiger partial charge in [0.2, 0.25) is 15.9 Å². The molecule has 1 saturated heterocycles. The Kier molecular flexibility index (Phi) is 8.54. The molecular weight excluding hydrogens is 388 g/mol. The van der Waals surface area contributed by atoms with Crippen molar-refractivity contribution in [1.82, 2.24) is 9.62 Å². The van der Waals surface area contributed by atoms with Crippen LogP contribution in [0.25, 0.3) is 0 Å². The van der Waals surface area contributed by atoms with Gasteiger partial charge in [-0.15, -0.1) is 0 Å². The minimum atomic E-state index is -3.39. The van der Waals surface area contributed by atoms with Gasteiger partial charge in [-0.05, 0) is 50.8 Å². The van der Waals surface area contributed by atoms with Crippen LogP contribution in [0.5, 0.6) is 0 Å². The summed E-state index contributed by atoms with van der Waals surface area (Å²) in [5, 5.41) is 3.51. The molecule has 0 unspecified atom stereocenters. The van der Waals surface area contributed by atoms with Crippen molar-refractivity contribution in [3.05, 3.63) is 34.9 Å². The second-order valence-electron chi connectivity index (χ2n) is 7.12. The van der Waals surface area contributed by atoms with Crippen molar-refractivity contribution in [3.63, 3.8) is 0 Å². The van der Waals surface area contributed by atoms with E-state index in [2.05, 4.69) is 5.32 Å². The SMILES string of the molecule is CC(C)OCCCNC(=O)C1CCN(S(=O)(=O)Cc2ccc(Cl)cc2)CC1. The van der Waals surface area contributed by atoms with E-state index in [0.29, 0.717) is 49.7 Å². The zero-order valence-corrected chi connectivity index (χ0v) is 17.6. The van der Waals surface area contributed by atoms with Gasteiger partial charge in [0.25, 0.3) is 0 Å². The Hall–Kier alpha value is -1.15. The summed E-state index contributed by atoms with van der Waals surface area (Å²) in [5.41, 5.74) is 0.711. The minimum Gasteiger partial charge on any atom is -0.379 e. The van der Waals surface area contributed by atoms with E-state index >= 15 is 0 Å². The summed E-state index contributed by atoms with van der Waals surface area (Å²) in [5.74, 6) is -0.163. The van der Waals surface area contributed by atoms with Gasteiger partial charge >= 0.3 is 0 Å². The highest BCUT2D eigenvalue weighted by molar-refractivity contribution is 7.88. The highest BCUT2D eigenvalue weighted by Gasteiger charge is 2.31. The number of ether oxygens (including phenoxy) is 1. The number of carbonyl (C=O) groups excluding carboxylic acids is 1. The Labute approximate surface area is 167 Å². The smallest absolute Gasteiger partial charge is 0.223 e. The molecule has 0 radical (unpaired) electrons. The zero-order chi connectivity index (χ0) is 19.9. The topological polar surface area (TPSA) is 75.7 Å². The fraction of sp³-hybridized carbons (Fsp3) is 0.632. The third kappa shape index (κ3) is 7.41. The average molecular weight is 417 g/mol. The number of amides is 1. The Bertz CT molecular complexity index is 699. The third-order valence-corrected chi connectivity index (χ3v) is 6.65. The maximum Gasteiger partial charge on any atom is 0.223 e. The summed E-state index contributed by atoms with van der Waals surface area (Å²) in [6, 6.07) is 6.83. The molecule has 1 aliphatic heterocycles. The first-order chi connectivity index (χ1) is 12.8. The number of nitrogens with one attached hydrogen (secondary N) is 1. The first-order valence-electron chi connectivity index (χ1n) is 9.39. The van der Waals surface area contributed by atoms with Crippen LogP contribution in [0.2, 0.25) is 5.02 Å². The standard InChI is InChI=1S/C19H29ClN2O4S/c1-15(2)26-13-3-10-21-19(23)17-8-11-22(12-9-17)27(24,25)14-16-4-6-18(20)7-5-16/h4-7,15,17H,3,8-14H2,1-2H3,(H,21,23). The first-order valence-corrected chi connectivity index (χ1v) is 11.4. The van der Waals surface area contributed by atoms with Crippen molar-refractivity contribution in [3.8, 4) is 0 Å². The molecule has 0 spiro atoms. The molecule has 0 aliphatic carbocycles. The second-order valence-corrected chi connectivity index (χ2v) is 9.53. The normalized spacial score (nSPS) is 16.6. The molecule has 1 amide bonds. The van der Waals surface area contributed by atoms with Crippen molar-refractivity contribution in [2.75, 3.05) is 26.2 Å². The van der Waals surface area contributed by atoms with E-state index in [0.717, 1.165) is 6.42 Å². The first kappa shape index (κ1) is 22.1. The number of hydrogen-bond donors (Lipinski definition) is 1. The van der Waals surface area contributed by atoms with Crippen LogP contribution < -0.4 is 5.32 Å². The van der Waals surface area contributed by atoms with Crippen LogP contribution in [0, 0.1) is 5.92 Å². The van der Waals surface area contributed by atoms with Gasteiger partial charge in [-0.1, -0.05) is 23.7 Å². The molecule has 0 bridgehead atoms. The molecule has 2 rings (SSSR count). The molecule has 8 heteroatoms. The summed E-state index contributed by atoms with van der Waals surface area (Å²) in [4.78, 5) is 12.2. The van der Waals surface area contributed by atoms with E-state index in [-0.39, 0.29) is 23.7 Å². The largest absolute Gasteiger partial charge is 0.379 e. The second kappa shape index (κ2) is 10.4. The maximum absolute atomic E-state index is 12.6. The highest BCUT2D eigenvalue weighted by atomic mass is 35.5. The van der Waals surface area contributed by atoms with Crippen LogP contribution in [0.3, 0.4) is 0 Å². The molecule has 1 fully saturated rings. The number of halogens is 1. The molecule has 0 saturated carbocycles. The van der Waals surface area contributed by atoms with E-state index in [1.54, 1.807) is 24.3 Å². The molecule has 0 atom stereocenters. The van der Waals surface area contributed by atoms with Crippen LogP contribution in [0.1, 0.15) is 38.7 Å². The maximum atomic E-state index is 12.6. The van der Waals surface area contributed by atoms with Gasteiger partial charge in [0, 0.05) is 37.2 Å². The number of piperidine rings is 1. The fourth-order valence-electron chi connectivity index (χ4n) is 3.03. The van der Waals surface area contributed by atoms with Crippen LogP contribution in [-0.4, -0.2) is 51.0 Å². The molecule has 1 N–H and O–H groups in total. The van der Waals surface area contributed by atoms with Gasteiger partial charge in [-0.25, -0.2) is 12.7 Å². The number of rotatable bonds is 9. The van der Waals surface area contributed by atoms with Gasteiger partial charge in [0.1, 0.15) is 0 Å². The lowest BCUT2D eigenvalue weighted by Crippen LogP contribution is -2.43. The molecule has 1 heterocycles. The lowest BCUT2D eigenvalue weighted by molar-refractivity contribution is -0.126. The number of benzene rings is 1. The van der Waals surface area contributed by atoms with Gasteiger partial charge in [0.05, 0.1) is 11.9 Å². The quantitative estimate of drug-likeness (QED) is 0.628. The number of nitrogens with zero attached hydrogens (tertiary/aromatic N) is 1. The van der Waals surface area contributed by atoms with Crippen LogP contribution >= 0.6 is 11.6 Å². The molecule has 1 aromatic carbocycles. The lowest BCUT2D eigenvalue weighted by Gasteiger charge is -2.30. The molecule has 0 aromatic heterocycles. The molecule has 6 nitrogen and oxygen atoms in total. The summed E-state index contributed by atoms with van der Waals surface area (Å²) in [6.45, 7) is 5.93. The molecule has 1 aliphatic rings. The summed E-state index contributed by atoms with van der Waals surface area (Å²) in [7, 11) is -3.39. The van der Waals surface area contributed by atoms with Crippen LogP contribution in [0.15, 0.2) is 24.3 Å². The molecular formula is C19H29ClN2O4S. The van der Waals surface area contributed by atoms with E-state index in [1.165, 1.54) is 4.31 Å². The van der Waals surface area contributed by atoms with Crippen LogP contribution in [0.4, 0.5) is 0 Å². The van der Waals surface area contributed by atoms with Crippen molar-refractivity contribution in [2.45, 2.75) is 45.0 Å². The minimum absolute atomic E-state index is 0.00861. The van der Waals surface area contributed by atoms with Crippen molar-refractivity contribution in [2.24, 2.45) is 5.92 Å². The van der Waals surface area contributed by atoms with Crippen molar-refractivity contribution in [1.29, 1.82) is 0 Å². The van der Waals surface area contributed by atoms with E-state index in [9.17, 15) is 13.2 Å².